The number of methoxy groups -OCH3 is 1. The number of likely N-dealkylation sites (N-methyl/N-ethyl adjacent to an activating group) is 2. The van der Waals surface area contributed by atoms with Crippen LogP contribution in [0.25, 0.3) is 0 Å². The summed E-state index contributed by atoms with van der Waals surface area (Å²) >= 11 is 0. The lowest BCUT2D eigenvalue weighted by molar-refractivity contribution is -0.121. The summed E-state index contributed by atoms with van der Waals surface area (Å²) in [4.78, 5) is 16.6. The molecule has 0 spiro atoms. The molecule has 1 aromatic rings. The lowest BCUT2D eigenvalue weighted by Gasteiger charge is -2.23. The van der Waals surface area contributed by atoms with Crippen molar-refractivity contribution in [2.75, 3.05) is 47.4 Å². The molecule has 0 saturated carbocycles. The number of nitrogens with zero attached hydrogens (tertiary/aromatic N) is 2. The number of carbonyl (C=O) groups is 1. The van der Waals surface area contributed by atoms with Crippen LogP contribution in [0.2, 0.25) is 0 Å². The van der Waals surface area contributed by atoms with Crippen LogP contribution in [0.15, 0.2) is 24.3 Å². The first kappa shape index (κ1) is 17.8. The van der Waals surface area contributed by atoms with Gasteiger partial charge in [-0.2, -0.15) is 0 Å². The number of rotatable bonds is 8. The Bertz CT molecular complexity index is 507. The van der Waals surface area contributed by atoms with Crippen LogP contribution in [0.5, 0.6) is 5.75 Å². The van der Waals surface area contributed by atoms with Crippen LogP contribution in [0, 0.1) is 0 Å². The van der Waals surface area contributed by atoms with Gasteiger partial charge in [-0.3, -0.25) is 4.79 Å². The summed E-state index contributed by atoms with van der Waals surface area (Å²) in [5, 5.41) is 3.01. The Morgan fingerprint density at radius 3 is 3.00 bits per heavy atom. The molecule has 1 aliphatic heterocycles. The average molecular weight is 319 g/mol. The topological polar surface area (TPSA) is 44.8 Å². The maximum Gasteiger partial charge on any atom is 0.221 e. The fourth-order valence-electron chi connectivity index (χ4n) is 2.99. The van der Waals surface area contributed by atoms with E-state index in [0.717, 1.165) is 31.8 Å². The quantitative estimate of drug-likeness (QED) is 0.786. The summed E-state index contributed by atoms with van der Waals surface area (Å²) in [5.41, 5.74) is 1.18. The van der Waals surface area contributed by atoms with Crippen molar-refractivity contribution in [2.45, 2.75) is 25.3 Å². The molecule has 5 heteroatoms. The Morgan fingerprint density at radius 2 is 2.30 bits per heavy atom. The maximum atomic E-state index is 12.0. The molecular formula is C18H29N3O2. The second-order valence-electron chi connectivity index (χ2n) is 6.39. The number of carbonyl (C=O) groups excluding carboxylic acids is 1. The molecule has 128 valence electrons. The molecule has 0 aromatic heterocycles. The SMILES string of the molecule is COc1cccc(CCNC(=O)CCN(C)[C@H]2CCN(C)C2)c1. The number of nitrogens with one attached hydrogen (secondary N) is 1. The Balaban J connectivity index is 1.63. The van der Waals surface area contributed by atoms with Crippen LogP contribution in [-0.2, 0) is 11.2 Å². The van der Waals surface area contributed by atoms with Gasteiger partial charge in [-0.25, -0.2) is 0 Å². The molecule has 1 fully saturated rings. The van der Waals surface area contributed by atoms with E-state index in [4.69, 9.17) is 4.74 Å². The zero-order chi connectivity index (χ0) is 16.7. The standard InChI is InChI=1S/C18H29N3O2/c1-20-11-8-16(14-20)21(2)12-9-18(22)19-10-7-15-5-4-6-17(13-15)23-3/h4-6,13,16H,7-12,14H2,1-3H3,(H,19,22)/t16-/m0/s1. The van der Waals surface area contributed by atoms with Crippen molar-refractivity contribution in [1.29, 1.82) is 0 Å². The van der Waals surface area contributed by atoms with Gasteiger partial charge in [0.2, 0.25) is 5.91 Å². The molecule has 0 bridgehead atoms. The molecule has 1 saturated heterocycles. The Kier molecular flexibility index (Phi) is 6.86. The van der Waals surface area contributed by atoms with Crippen molar-refractivity contribution in [1.82, 2.24) is 15.1 Å². The molecule has 0 unspecified atom stereocenters. The van der Waals surface area contributed by atoms with Gasteiger partial charge in [-0.1, -0.05) is 12.1 Å². The predicted octanol–water partition coefficient (Wildman–Crippen LogP) is 1.38. The van der Waals surface area contributed by atoms with Gasteiger partial charge >= 0.3 is 0 Å². The van der Waals surface area contributed by atoms with Crippen LogP contribution in [0.1, 0.15) is 18.4 Å². The minimum Gasteiger partial charge on any atom is -0.497 e. The number of hydrogen-bond acceptors (Lipinski definition) is 4. The van der Waals surface area contributed by atoms with Crippen LogP contribution in [-0.4, -0.2) is 69.1 Å². The highest BCUT2D eigenvalue weighted by molar-refractivity contribution is 5.76. The fourth-order valence-corrected chi connectivity index (χ4v) is 2.99. The summed E-state index contributed by atoms with van der Waals surface area (Å²) < 4.78 is 5.21. The van der Waals surface area contributed by atoms with Crippen molar-refractivity contribution in [3.05, 3.63) is 29.8 Å². The lowest BCUT2D eigenvalue weighted by atomic mass is 10.1. The van der Waals surface area contributed by atoms with Gasteiger partial charge in [0, 0.05) is 32.1 Å². The Morgan fingerprint density at radius 1 is 1.48 bits per heavy atom. The van der Waals surface area contributed by atoms with E-state index >= 15 is 0 Å². The molecule has 0 radical (unpaired) electrons. The van der Waals surface area contributed by atoms with Crippen LogP contribution < -0.4 is 10.1 Å². The molecule has 1 amide bonds. The highest BCUT2D eigenvalue weighted by atomic mass is 16.5. The van der Waals surface area contributed by atoms with Gasteiger partial charge in [0.05, 0.1) is 7.11 Å². The largest absolute Gasteiger partial charge is 0.497 e. The molecule has 2 rings (SSSR count). The molecule has 23 heavy (non-hydrogen) atoms. The predicted molar refractivity (Wildman–Crippen MR) is 92.9 cm³/mol. The van der Waals surface area contributed by atoms with Crippen LogP contribution >= 0.6 is 0 Å². The number of amides is 1. The third-order valence-electron chi connectivity index (χ3n) is 4.55. The number of likely N-dealkylation sites (tertiary alicyclic amines) is 1. The van der Waals surface area contributed by atoms with E-state index in [-0.39, 0.29) is 5.91 Å². The van der Waals surface area contributed by atoms with Gasteiger partial charge in [-0.15, -0.1) is 0 Å². The van der Waals surface area contributed by atoms with Gasteiger partial charge < -0.3 is 19.9 Å². The van der Waals surface area contributed by atoms with E-state index in [2.05, 4.69) is 35.3 Å². The van der Waals surface area contributed by atoms with E-state index < -0.39 is 0 Å². The Labute approximate surface area is 139 Å². The smallest absolute Gasteiger partial charge is 0.221 e. The zero-order valence-corrected chi connectivity index (χ0v) is 14.5. The highest BCUT2D eigenvalue weighted by Crippen LogP contribution is 2.13. The monoisotopic (exact) mass is 319 g/mol. The van der Waals surface area contributed by atoms with Gasteiger partial charge in [0.1, 0.15) is 5.75 Å². The van der Waals surface area contributed by atoms with E-state index in [1.807, 2.05) is 18.2 Å². The first-order valence-electron chi connectivity index (χ1n) is 8.37. The summed E-state index contributed by atoms with van der Waals surface area (Å²) in [6, 6.07) is 8.56. The second kappa shape index (κ2) is 8.89. The molecule has 0 aliphatic carbocycles. The van der Waals surface area contributed by atoms with Crippen molar-refractivity contribution in [2.24, 2.45) is 0 Å². The van der Waals surface area contributed by atoms with Crippen molar-refractivity contribution in [3.63, 3.8) is 0 Å². The summed E-state index contributed by atoms with van der Waals surface area (Å²) in [6.07, 6.45) is 2.59. The second-order valence-corrected chi connectivity index (χ2v) is 6.39. The van der Waals surface area contributed by atoms with E-state index in [9.17, 15) is 4.79 Å². The summed E-state index contributed by atoms with van der Waals surface area (Å²) in [5.74, 6) is 0.989. The average Bonchev–Trinajstić information content (AvgIpc) is 2.99. The summed E-state index contributed by atoms with van der Waals surface area (Å²) in [6.45, 7) is 3.75. The maximum absolute atomic E-state index is 12.0. The van der Waals surface area contributed by atoms with E-state index in [1.165, 1.54) is 12.0 Å². The number of benzene rings is 1. The molecule has 1 heterocycles. The van der Waals surface area contributed by atoms with Crippen LogP contribution in [0.3, 0.4) is 0 Å². The first-order valence-corrected chi connectivity index (χ1v) is 8.37. The lowest BCUT2D eigenvalue weighted by Crippen LogP contribution is -2.37. The number of ether oxygens (including phenoxy) is 1. The molecule has 1 atom stereocenters. The number of hydrogen-bond donors (Lipinski definition) is 1. The molecule has 5 nitrogen and oxygen atoms in total. The third-order valence-corrected chi connectivity index (χ3v) is 4.55. The van der Waals surface area contributed by atoms with Crippen molar-refractivity contribution >= 4 is 5.91 Å². The van der Waals surface area contributed by atoms with E-state index in [0.29, 0.717) is 19.0 Å². The molecular weight excluding hydrogens is 290 g/mol. The van der Waals surface area contributed by atoms with Crippen LogP contribution in [0.4, 0.5) is 0 Å². The van der Waals surface area contributed by atoms with E-state index in [1.54, 1.807) is 7.11 Å². The Hall–Kier alpha value is -1.59. The minimum absolute atomic E-state index is 0.131. The first-order chi connectivity index (χ1) is 11.1. The fraction of sp³-hybridized carbons (Fsp3) is 0.611. The highest BCUT2D eigenvalue weighted by Gasteiger charge is 2.23. The molecule has 1 aliphatic rings. The molecule has 1 N–H and O–H groups in total. The van der Waals surface area contributed by atoms with Gasteiger partial charge in [-0.05, 0) is 51.2 Å². The molecule has 1 aromatic carbocycles. The van der Waals surface area contributed by atoms with Crippen molar-refractivity contribution < 1.29 is 9.53 Å². The third kappa shape index (κ3) is 5.84. The van der Waals surface area contributed by atoms with Gasteiger partial charge in [0.15, 0.2) is 0 Å². The minimum atomic E-state index is 0.131. The van der Waals surface area contributed by atoms with Gasteiger partial charge in [0.25, 0.3) is 0 Å². The van der Waals surface area contributed by atoms with Crippen molar-refractivity contribution in [3.8, 4) is 5.75 Å². The zero-order valence-electron chi connectivity index (χ0n) is 14.5. The summed E-state index contributed by atoms with van der Waals surface area (Å²) in [7, 11) is 5.94. The normalized spacial score (nSPS) is 18.3.